The highest BCUT2D eigenvalue weighted by molar-refractivity contribution is 6.09. The highest BCUT2D eigenvalue weighted by Crippen LogP contribution is 2.48. The van der Waals surface area contributed by atoms with Gasteiger partial charge in [-0.3, -0.25) is 4.98 Å². The lowest BCUT2D eigenvalue weighted by Gasteiger charge is -2.21. The van der Waals surface area contributed by atoms with Crippen LogP contribution in [0.2, 0.25) is 0 Å². The average molecular weight is 376 g/mol. The monoisotopic (exact) mass is 376 g/mol. The Bertz CT molecular complexity index is 1230. The Morgan fingerprint density at radius 2 is 1.79 bits per heavy atom. The van der Waals surface area contributed by atoms with Crippen molar-refractivity contribution in [1.82, 2.24) is 9.55 Å². The van der Waals surface area contributed by atoms with Gasteiger partial charge in [-0.25, -0.2) is 0 Å². The summed E-state index contributed by atoms with van der Waals surface area (Å²) >= 11 is 0. The van der Waals surface area contributed by atoms with Crippen molar-refractivity contribution < 1.29 is 19.3 Å². The second-order valence-electron chi connectivity index (χ2n) is 6.82. The summed E-state index contributed by atoms with van der Waals surface area (Å²) in [6.07, 6.45) is 0.801. The molecule has 6 heteroatoms. The maximum absolute atomic E-state index is 11.4. The van der Waals surface area contributed by atoms with Crippen molar-refractivity contribution in [2.45, 2.75) is 12.6 Å². The van der Waals surface area contributed by atoms with Crippen LogP contribution in [0.3, 0.4) is 0 Å². The van der Waals surface area contributed by atoms with Gasteiger partial charge in [0.2, 0.25) is 5.75 Å². The minimum absolute atomic E-state index is 0.464. The van der Waals surface area contributed by atoms with Crippen LogP contribution in [0.1, 0.15) is 22.9 Å². The van der Waals surface area contributed by atoms with E-state index in [1.807, 2.05) is 24.3 Å². The number of methoxy groups -OCH3 is 3. The van der Waals surface area contributed by atoms with Gasteiger partial charge in [0, 0.05) is 34.6 Å². The number of fused-ring (bicyclic) bond motifs is 4. The van der Waals surface area contributed by atoms with Crippen molar-refractivity contribution in [3.8, 4) is 17.2 Å². The standard InChI is InChI=1S/C22H20N2O4/c1-26-16-10-12-11-24-15-7-5-4-6-13(15)14-8-9-23-18(19(14)24)20(25)17(12)22(28-3)21(16)27-2/h4-10,20,25H,11H2,1-3H3. The molecule has 1 unspecified atom stereocenters. The van der Waals surface area contributed by atoms with Crippen LogP contribution in [0.5, 0.6) is 17.2 Å². The summed E-state index contributed by atoms with van der Waals surface area (Å²) in [5.74, 6) is 1.50. The van der Waals surface area contributed by atoms with E-state index in [1.165, 1.54) is 0 Å². The molecule has 1 atom stereocenters. The molecule has 6 nitrogen and oxygen atoms in total. The molecule has 0 fully saturated rings. The lowest BCUT2D eigenvalue weighted by molar-refractivity contribution is 0.208. The Morgan fingerprint density at radius 1 is 1.00 bits per heavy atom. The molecule has 1 aliphatic heterocycles. The van der Waals surface area contributed by atoms with Crippen molar-refractivity contribution in [2.75, 3.05) is 21.3 Å². The van der Waals surface area contributed by atoms with Crippen LogP contribution >= 0.6 is 0 Å². The van der Waals surface area contributed by atoms with Crippen molar-refractivity contribution in [3.63, 3.8) is 0 Å². The molecule has 1 N–H and O–H groups in total. The molecular weight excluding hydrogens is 356 g/mol. The number of hydrogen-bond donors (Lipinski definition) is 1. The maximum atomic E-state index is 11.4. The summed E-state index contributed by atoms with van der Waals surface area (Å²) in [4.78, 5) is 4.55. The van der Waals surface area contributed by atoms with Gasteiger partial charge in [0.15, 0.2) is 11.5 Å². The molecule has 0 aliphatic carbocycles. The number of aliphatic hydroxyl groups excluding tert-OH is 1. The first-order valence-corrected chi connectivity index (χ1v) is 9.05. The van der Waals surface area contributed by atoms with E-state index in [0.717, 1.165) is 27.4 Å². The van der Waals surface area contributed by atoms with Crippen LogP contribution in [0, 0.1) is 0 Å². The van der Waals surface area contributed by atoms with E-state index >= 15 is 0 Å². The molecule has 0 bridgehead atoms. The molecule has 1 aliphatic rings. The topological polar surface area (TPSA) is 65.7 Å². The summed E-state index contributed by atoms with van der Waals surface area (Å²) in [5, 5.41) is 13.6. The number of benzene rings is 2. The molecule has 0 spiro atoms. The zero-order chi connectivity index (χ0) is 19.4. The van der Waals surface area contributed by atoms with Crippen LogP contribution in [0.15, 0.2) is 42.6 Å². The van der Waals surface area contributed by atoms with E-state index in [4.69, 9.17) is 14.2 Å². The molecule has 2 aromatic carbocycles. The van der Waals surface area contributed by atoms with Gasteiger partial charge < -0.3 is 23.9 Å². The molecule has 3 heterocycles. The summed E-state index contributed by atoms with van der Waals surface area (Å²) in [6.45, 7) is 0.561. The van der Waals surface area contributed by atoms with E-state index in [0.29, 0.717) is 35.1 Å². The van der Waals surface area contributed by atoms with Gasteiger partial charge >= 0.3 is 0 Å². The minimum atomic E-state index is -0.945. The molecule has 2 aromatic heterocycles. The first-order chi connectivity index (χ1) is 13.7. The van der Waals surface area contributed by atoms with E-state index < -0.39 is 6.10 Å². The fourth-order valence-corrected chi connectivity index (χ4v) is 4.36. The van der Waals surface area contributed by atoms with Gasteiger partial charge in [-0.15, -0.1) is 0 Å². The largest absolute Gasteiger partial charge is 0.493 e. The van der Waals surface area contributed by atoms with Gasteiger partial charge in [-0.2, -0.15) is 0 Å². The molecule has 5 rings (SSSR count). The molecule has 142 valence electrons. The van der Waals surface area contributed by atoms with Gasteiger partial charge in [0.25, 0.3) is 0 Å². The number of para-hydroxylation sites is 1. The molecule has 0 saturated carbocycles. The fraction of sp³-hybridized carbons (Fsp3) is 0.227. The Balaban J connectivity index is 1.92. The van der Waals surface area contributed by atoms with E-state index in [9.17, 15) is 5.11 Å². The van der Waals surface area contributed by atoms with E-state index in [1.54, 1.807) is 27.5 Å². The third-order valence-corrected chi connectivity index (χ3v) is 5.52. The first kappa shape index (κ1) is 16.9. The summed E-state index contributed by atoms with van der Waals surface area (Å²) in [7, 11) is 4.72. The third-order valence-electron chi connectivity index (χ3n) is 5.52. The lowest BCUT2D eigenvalue weighted by atomic mass is 9.97. The normalized spacial score (nSPS) is 15.4. The third kappa shape index (κ3) is 2.09. The highest BCUT2D eigenvalue weighted by atomic mass is 16.5. The second kappa shape index (κ2) is 6.14. The number of ether oxygens (including phenoxy) is 3. The van der Waals surface area contributed by atoms with Gasteiger partial charge in [0.1, 0.15) is 6.10 Å². The Labute approximate surface area is 161 Å². The molecule has 0 saturated heterocycles. The van der Waals surface area contributed by atoms with Crippen LogP contribution in [-0.4, -0.2) is 36.0 Å². The van der Waals surface area contributed by atoms with Gasteiger partial charge in [0.05, 0.1) is 32.5 Å². The van der Waals surface area contributed by atoms with Crippen molar-refractivity contribution >= 4 is 21.8 Å². The van der Waals surface area contributed by atoms with Crippen LogP contribution < -0.4 is 14.2 Å². The van der Waals surface area contributed by atoms with Crippen molar-refractivity contribution in [3.05, 3.63) is 59.4 Å². The highest BCUT2D eigenvalue weighted by Gasteiger charge is 2.32. The summed E-state index contributed by atoms with van der Waals surface area (Å²) in [6, 6.07) is 12.1. The quantitative estimate of drug-likeness (QED) is 0.591. The van der Waals surface area contributed by atoms with Crippen molar-refractivity contribution in [1.29, 1.82) is 0 Å². The predicted octanol–water partition coefficient (Wildman–Crippen LogP) is 3.66. The summed E-state index contributed by atoms with van der Waals surface area (Å²) < 4.78 is 18.9. The molecule has 28 heavy (non-hydrogen) atoms. The zero-order valence-corrected chi connectivity index (χ0v) is 15.9. The van der Waals surface area contributed by atoms with Crippen molar-refractivity contribution in [2.24, 2.45) is 0 Å². The Morgan fingerprint density at radius 3 is 2.54 bits per heavy atom. The smallest absolute Gasteiger partial charge is 0.203 e. The van der Waals surface area contributed by atoms with E-state index in [2.05, 4.69) is 21.7 Å². The number of rotatable bonds is 3. The van der Waals surface area contributed by atoms with E-state index in [-0.39, 0.29) is 0 Å². The maximum Gasteiger partial charge on any atom is 0.203 e. The molecular formula is C22H20N2O4. The molecule has 0 amide bonds. The number of nitrogens with zero attached hydrogens (tertiary/aromatic N) is 2. The average Bonchev–Trinajstić information content (AvgIpc) is 2.99. The molecule has 0 radical (unpaired) electrons. The Kier molecular flexibility index (Phi) is 3.70. The lowest BCUT2D eigenvalue weighted by Crippen LogP contribution is -2.09. The van der Waals surface area contributed by atoms with Crippen LogP contribution in [0.4, 0.5) is 0 Å². The number of pyridine rings is 1. The molecule has 4 aromatic rings. The first-order valence-electron chi connectivity index (χ1n) is 9.05. The van der Waals surface area contributed by atoms with Gasteiger partial charge in [-0.1, -0.05) is 18.2 Å². The van der Waals surface area contributed by atoms with Crippen LogP contribution in [-0.2, 0) is 6.54 Å². The summed E-state index contributed by atoms with van der Waals surface area (Å²) in [5.41, 5.74) is 4.21. The fourth-order valence-electron chi connectivity index (χ4n) is 4.36. The SMILES string of the molecule is COc1cc2c(c(OC)c1OC)C(O)c1nccc3c4ccccc4n(c13)C2. The Hall–Kier alpha value is -3.25. The zero-order valence-electron chi connectivity index (χ0n) is 15.9. The number of hydrogen-bond acceptors (Lipinski definition) is 5. The number of aromatic nitrogens is 2. The second-order valence-corrected chi connectivity index (χ2v) is 6.82. The minimum Gasteiger partial charge on any atom is -0.493 e. The predicted molar refractivity (Wildman–Crippen MR) is 107 cm³/mol. The van der Waals surface area contributed by atoms with Crippen LogP contribution in [0.25, 0.3) is 21.8 Å². The number of aliphatic hydroxyl groups is 1. The van der Waals surface area contributed by atoms with Gasteiger partial charge in [-0.05, 0) is 23.8 Å².